The molecule has 0 atom stereocenters. The van der Waals surface area contributed by atoms with Gasteiger partial charge in [0.05, 0.1) is 11.8 Å². The average Bonchev–Trinajstić information content (AvgIpc) is 2.81. The minimum Gasteiger partial charge on any atom is -0.488 e. The van der Waals surface area contributed by atoms with Gasteiger partial charge in [0.15, 0.2) is 0 Å². The molecule has 0 amide bonds. The standard InChI is InChI=1S/C17H26N2O/c1-14-7-8-17(20-15-5-2-3-6-15)16(13-14)19-11-4-9-18-10-12-19/h7-8,13,15,18H,2-6,9-12H2,1H3. The van der Waals surface area contributed by atoms with Crippen LogP contribution in [0.5, 0.6) is 5.75 Å². The molecule has 1 aromatic rings. The number of ether oxygens (including phenoxy) is 1. The molecule has 110 valence electrons. The maximum absolute atomic E-state index is 6.29. The lowest BCUT2D eigenvalue weighted by Crippen LogP contribution is -2.28. The van der Waals surface area contributed by atoms with Crippen molar-refractivity contribution in [1.82, 2.24) is 5.32 Å². The molecule has 0 spiro atoms. The lowest BCUT2D eigenvalue weighted by atomic mass is 10.1. The van der Waals surface area contributed by atoms with Crippen LogP contribution in [0.4, 0.5) is 5.69 Å². The number of rotatable bonds is 3. The third-order valence-corrected chi connectivity index (χ3v) is 4.39. The van der Waals surface area contributed by atoms with E-state index in [-0.39, 0.29) is 0 Å². The monoisotopic (exact) mass is 274 g/mol. The molecule has 0 aromatic heterocycles. The summed E-state index contributed by atoms with van der Waals surface area (Å²) in [5, 5.41) is 3.47. The van der Waals surface area contributed by atoms with E-state index < -0.39 is 0 Å². The minimum absolute atomic E-state index is 0.432. The molecule has 1 aliphatic carbocycles. The van der Waals surface area contributed by atoms with Crippen LogP contribution in [-0.4, -0.2) is 32.3 Å². The topological polar surface area (TPSA) is 24.5 Å². The first-order chi connectivity index (χ1) is 9.83. The molecule has 1 N–H and O–H groups in total. The van der Waals surface area contributed by atoms with Crippen molar-refractivity contribution in [3.63, 3.8) is 0 Å². The lowest BCUT2D eigenvalue weighted by Gasteiger charge is -2.26. The first-order valence-electron chi connectivity index (χ1n) is 8.06. The van der Waals surface area contributed by atoms with E-state index in [9.17, 15) is 0 Å². The Morgan fingerprint density at radius 3 is 2.80 bits per heavy atom. The molecule has 0 unspecified atom stereocenters. The van der Waals surface area contributed by atoms with Crippen LogP contribution in [-0.2, 0) is 0 Å². The van der Waals surface area contributed by atoms with Gasteiger partial charge in [-0.2, -0.15) is 0 Å². The Morgan fingerprint density at radius 2 is 1.95 bits per heavy atom. The zero-order chi connectivity index (χ0) is 13.8. The van der Waals surface area contributed by atoms with Crippen LogP contribution in [0.25, 0.3) is 0 Å². The van der Waals surface area contributed by atoms with Gasteiger partial charge in [0.25, 0.3) is 0 Å². The maximum Gasteiger partial charge on any atom is 0.143 e. The molecule has 3 rings (SSSR count). The predicted octanol–water partition coefficient (Wildman–Crippen LogP) is 3.12. The van der Waals surface area contributed by atoms with Crippen LogP contribution in [0.1, 0.15) is 37.7 Å². The highest BCUT2D eigenvalue weighted by Gasteiger charge is 2.20. The summed E-state index contributed by atoms with van der Waals surface area (Å²) >= 11 is 0. The number of aryl methyl sites for hydroxylation is 1. The Labute approximate surface area is 122 Å². The minimum atomic E-state index is 0.432. The molecule has 1 aliphatic heterocycles. The maximum atomic E-state index is 6.29. The SMILES string of the molecule is Cc1ccc(OC2CCCC2)c(N2CCCNCC2)c1. The number of anilines is 1. The van der Waals surface area contributed by atoms with Gasteiger partial charge in [-0.3, -0.25) is 0 Å². The normalized spacial score (nSPS) is 20.9. The fourth-order valence-corrected chi connectivity index (χ4v) is 3.25. The molecule has 1 saturated heterocycles. The van der Waals surface area contributed by atoms with Crippen molar-refractivity contribution in [2.45, 2.75) is 45.1 Å². The predicted molar refractivity (Wildman–Crippen MR) is 83.8 cm³/mol. The number of nitrogens with one attached hydrogen (secondary N) is 1. The van der Waals surface area contributed by atoms with Crippen LogP contribution >= 0.6 is 0 Å². The Kier molecular flexibility index (Phi) is 4.46. The van der Waals surface area contributed by atoms with Gasteiger partial charge < -0.3 is 15.0 Å². The van der Waals surface area contributed by atoms with Crippen LogP contribution < -0.4 is 15.0 Å². The van der Waals surface area contributed by atoms with Crippen LogP contribution in [0.15, 0.2) is 18.2 Å². The van der Waals surface area contributed by atoms with E-state index in [2.05, 4.69) is 35.3 Å². The molecule has 3 heteroatoms. The average molecular weight is 274 g/mol. The van der Waals surface area contributed by atoms with E-state index in [1.54, 1.807) is 0 Å². The Bertz CT molecular complexity index is 433. The Hall–Kier alpha value is -1.22. The van der Waals surface area contributed by atoms with Crippen molar-refractivity contribution in [1.29, 1.82) is 0 Å². The summed E-state index contributed by atoms with van der Waals surface area (Å²) in [5.74, 6) is 1.09. The molecule has 2 fully saturated rings. The first-order valence-corrected chi connectivity index (χ1v) is 8.06. The zero-order valence-electron chi connectivity index (χ0n) is 12.5. The molecule has 1 saturated carbocycles. The number of benzene rings is 1. The summed E-state index contributed by atoms with van der Waals surface area (Å²) in [6.07, 6.45) is 6.71. The van der Waals surface area contributed by atoms with Gasteiger partial charge in [0.1, 0.15) is 5.75 Å². The van der Waals surface area contributed by atoms with E-state index in [0.717, 1.165) is 31.9 Å². The molecule has 3 nitrogen and oxygen atoms in total. The molecule has 1 aromatic carbocycles. The van der Waals surface area contributed by atoms with Crippen molar-refractivity contribution in [2.75, 3.05) is 31.1 Å². The highest BCUT2D eigenvalue weighted by molar-refractivity contribution is 5.60. The van der Waals surface area contributed by atoms with E-state index in [4.69, 9.17) is 4.74 Å². The summed E-state index contributed by atoms with van der Waals surface area (Å²) < 4.78 is 6.29. The van der Waals surface area contributed by atoms with Crippen LogP contribution in [0, 0.1) is 6.92 Å². The molecular weight excluding hydrogens is 248 g/mol. The molecule has 0 bridgehead atoms. The lowest BCUT2D eigenvalue weighted by molar-refractivity contribution is 0.210. The van der Waals surface area contributed by atoms with E-state index in [1.807, 2.05) is 0 Å². The Balaban J connectivity index is 1.80. The zero-order valence-corrected chi connectivity index (χ0v) is 12.5. The fraction of sp³-hybridized carbons (Fsp3) is 0.647. The van der Waals surface area contributed by atoms with E-state index in [1.165, 1.54) is 43.4 Å². The molecule has 0 radical (unpaired) electrons. The second-order valence-electron chi connectivity index (χ2n) is 6.09. The van der Waals surface area contributed by atoms with Crippen molar-refractivity contribution >= 4 is 5.69 Å². The van der Waals surface area contributed by atoms with Crippen molar-refractivity contribution in [3.05, 3.63) is 23.8 Å². The fourth-order valence-electron chi connectivity index (χ4n) is 3.25. The van der Waals surface area contributed by atoms with Gasteiger partial charge in [0, 0.05) is 19.6 Å². The summed E-state index contributed by atoms with van der Waals surface area (Å²) in [4.78, 5) is 2.48. The van der Waals surface area contributed by atoms with Gasteiger partial charge in [-0.1, -0.05) is 6.07 Å². The van der Waals surface area contributed by atoms with Crippen molar-refractivity contribution in [2.24, 2.45) is 0 Å². The summed E-state index contributed by atoms with van der Waals surface area (Å²) in [6.45, 7) is 6.55. The van der Waals surface area contributed by atoms with Crippen molar-refractivity contribution < 1.29 is 4.74 Å². The van der Waals surface area contributed by atoms with E-state index >= 15 is 0 Å². The van der Waals surface area contributed by atoms with Crippen LogP contribution in [0.3, 0.4) is 0 Å². The third kappa shape index (κ3) is 3.26. The largest absolute Gasteiger partial charge is 0.488 e. The number of nitrogens with zero attached hydrogens (tertiary/aromatic N) is 1. The third-order valence-electron chi connectivity index (χ3n) is 4.39. The second-order valence-corrected chi connectivity index (χ2v) is 6.09. The highest BCUT2D eigenvalue weighted by atomic mass is 16.5. The van der Waals surface area contributed by atoms with E-state index in [0.29, 0.717) is 6.10 Å². The van der Waals surface area contributed by atoms with Crippen molar-refractivity contribution in [3.8, 4) is 5.75 Å². The van der Waals surface area contributed by atoms with Crippen LogP contribution in [0.2, 0.25) is 0 Å². The van der Waals surface area contributed by atoms with Gasteiger partial charge >= 0.3 is 0 Å². The first kappa shape index (κ1) is 13.7. The van der Waals surface area contributed by atoms with Gasteiger partial charge in [0.2, 0.25) is 0 Å². The summed E-state index contributed by atoms with van der Waals surface area (Å²) in [5.41, 5.74) is 2.61. The van der Waals surface area contributed by atoms with Gasteiger partial charge in [-0.15, -0.1) is 0 Å². The van der Waals surface area contributed by atoms with Gasteiger partial charge in [-0.05, 0) is 63.3 Å². The Morgan fingerprint density at radius 1 is 1.10 bits per heavy atom. The summed E-state index contributed by atoms with van der Waals surface area (Å²) in [6, 6.07) is 6.63. The van der Waals surface area contributed by atoms with Gasteiger partial charge in [-0.25, -0.2) is 0 Å². The molecule has 20 heavy (non-hydrogen) atoms. The summed E-state index contributed by atoms with van der Waals surface area (Å²) in [7, 11) is 0. The molecule has 1 heterocycles. The molecular formula is C17H26N2O. The highest BCUT2D eigenvalue weighted by Crippen LogP contribution is 2.33. The quantitative estimate of drug-likeness (QED) is 0.916. The number of hydrogen-bond donors (Lipinski definition) is 1. The second kappa shape index (κ2) is 6.49. The molecule has 2 aliphatic rings. The number of hydrogen-bond acceptors (Lipinski definition) is 3. The smallest absolute Gasteiger partial charge is 0.143 e.